The van der Waals surface area contributed by atoms with E-state index in [2.05, 4.69) is 5.10 Å². The molecule has 28 heavy (non-hydrogen) atoms. The summed E-state index contributed by atoms with van der Waals surface area (Å²) in [4.78, 5) is 27.3. The number of carbonyl (C=O) groups excluding carboxylic acids is 2. The van der Waals surface area contributed by atoms with E-state index in [4.69, 9.17) is 9.47 Å². The lowest BCUT2D eigenvalue weighted by Crippen LogP contribution is -2.47. The SMILES string of the molecule is CCOC(=O)C1=NN(c2ccc(C)cc2)[C@@]2(S1)SC(C(=O)OCC)=C(C)N2C. The van der Waals surface area contributed by atoms with Crippen LogP contribution in [-0.2, 0) is 19.1 Å². The highest BCUT2D eigenvalue weighted by atomic mass is 32.2. The summed E-state index contributed by atoms with van der Waals surface area (Å²) in [7, 11) is 1.88. The van der Waals surface area contributed by atoms with Gasteiger partial charge in [-0.15, -0.1) is 0 Å². The maximum atomic E-state index is 12.5. The van der Waals surface area contributed by atoms with E-state index >= 15 is 0 Å². The smallest absolute Gasteiger partial charge is 0.365 e. The van der Waals surface area contributed by atoms with Gasteiger partial charge < -0.3 is 14.4 Å². The summed E-state index contributed by atoms with van der Waals surface area (Å²) in [6.07, 6.45) is 0. The third-order valence-electron chi connectivity index (χ3n) is 4.37. The predicted octanol–water partition coefficient (Wildman–Crippen LogP) is 3.51. The first-order valence-electron chi connectivity index (χ1n) is 8.96. The van der Waals surface area contributed by atoms with Crippen LogP contribution in [0.1, 0.15) is 26.3 Å². The Bertz CT molecular complexity index is 853. The average molecular weight is 422 g/mol. The van der Waals surface area contributed by atoms with Gasteiger partial charge in [0.15, 0.2) is 0 Å². The zero-order valence-electron chi connectivity index (χ0n) is 16.5. The van der Waals surface area contributed by atoms with Crippen molar-refractivity contribution in [3.63, 3.8) is 0 Å². The molecule has 0 aromatic heterocycles. The maximum Gasteiger partial charge on any atom is 0.365 e. The molecule has 150 valence electrons. The lowest BCUT2D eigenvalue weighted by atomic mass is 10.2. The molecule has 2 heterocycles. The number of rotatable bonds is 5. The van der Waals surface area contributed by atoms with Crippen LogP contribution < -0.4 is 5.01 Å². The molecular weight excluding hydrogens is 398 g/mol. The Morgan fingerprint density at radius 3 is 2.25 bits per heavy atom. The molecule has 1 atom stereocenters. The first-order valence-corrected chi connectivity index (χ1v) is 10.6. The predicted molar refractivity (Wildman–Crippen MR) is 113 cm³/mol. The highest BCUT2D eigenvalue weighted by Gasteiger charge is 2.56. The van der Waals surface area contributed by atoms with Crippen LogP contribution in [0, 0.1) is 6.92 Å². The summed E-state index contributed by atoms with van der Waals surface area (Å²) in [5.41, 5.74) is 2.70. The summed E-state index contributed by atoms with van der Waals surface area (Å²) in [5.74, 6) is -0.847. The summed E-state index contributed by atoms with van der Waals surface area (Å²) >= 11 is 2.60. The van der Waals surface area contributed by atoms with Crippen LogP contribution in [0.5, 0.6) is 0 Å². The van der Waals surface area contributed by atoms with Gasteiger partial charge in [0.05, 0.1) is 18.9 Å². The third-order valence-corrected chi connectivity index (χ3v) is 7.40. The van der Waals surface area contributed by atoms with Gasteiger partial charge in [-0.25, -0.2) is 14.6 Å². The molecule has 0 amide bonds. The Morgan fingerprint density at radius 1 is 1.04 bits per heavy atom. The topological polar surface area (TPSA) is 71.4 Å². The minimum atomic E-state index is -0.844. The number of aryl methyl sites for hydroxylation is 1. The summed E-state index contributed by atoms with van der Waals surface area (Å²) in [6.45, 7) is 7.97. The number of hydrogen-bond acceptors (Lipinski definition) is 9. The number of hydrogen-bond donors (Lipinski definition) is 0. The van der Waals surface area contributed by atoms with Crippen molar-refractivity contribution in [3.8, 4) is 0 Å². The van der Waals surface area contributed by atoms with E-state index in [9.17, 15) is 9.59 Å². The highest BCUT2D eigenvalue weighted by Crippen LogP contribution is 2.58. The van der Waals surface area contributed by atoms with Crippen LogP contribution in [0.4, 0.5) is 5.69 Å². The van der Waals surface area contributed by atoms with Crippen LogP contribution >= 0.6 is 23.5 Å². The number of thioether (sulfide) groups is 2. The zero-order chi connectivity index (χ0) is 20.5. The zero-order valence-corrected chi connectivity index (χ0v) is 18.1. The molecule has 0 fully saturated rings. The number of allylic oxidation sites excluding steroid dienone is 1. The van der Waals surface area contributed by atoms with Crippen molar-refractivity contribution in [2.75, 3.05) is 25.3 Å². The largest absolute Gasteiger partial charge is 0.462 e. The Kier molecular flexibility index (Phi) is 5.95. The van der Waals surface area contributed by atoms with E-state index in [-0.39, 0.29) is 17.6 Å². The minimum Gasteiger partial charge on any atom is -0.462 e. The number of carbonyl (C=O) groups is 2. The molecule has 3 rings (SSSR count). The van der Waals surface area contributed by atoms with E-state index in [0.717, 1.165) is 16.9 Å². The van der Waals surface area contributed by atoms with Gasteiger partial charge in [0.25, 0.3) is 0 Å². The van der Waals surface area contributed by atoms with E-state index in [1.54, 1.807) is 18.9 Å². The van der Waals surface area contributed by atoms with Gasteiger partial charge >= 0.3 is 11.9 Å². The second kappa shape index (κ2) is 8.08. The van der Waals surface area contributed by atoms with Crippen molar-refractivity contribution in [2.24, 2.45) is 5.10 Å². The number of nitrogens with zero attached hydrogens (tertiary/aromatic N) is 3. The second-order valence-corrected chi connectivity index (χ2v) is 8.82. The van der Waals surface area contributed by atoms with E-state index < -0.39 is 10.3 Å². The van der Waals surface area contributed by atoms with E-state index in [1.807, 2.05) is 50.1 Å². The minimum absolute atomic E-state index is 0.250. The van der Waals surface area contributed by atoms with Gasteiger partial charge in [-0.3, -0.25) is 0 Å². The Labute approximate surface area is 173 Å². The van der Waals surface area contributed by atoms with Crippen molar-refractivity contribution < 1.29 is 19.1 Å². The summed E-state index contributed by atoms with van der Waals surface area (Å²) in [6, 6.07) is 7.86. The van der Waals surface area contributed by atoms with Gasteiger partial charge in [-0.2, -0.15) is 5.10 Å². The first kappa shape index (κ1) is 20.6. The van der Waals surface area contributed by atoms with Crippen molar-refractivity contribution in [2.45, 2.75) is 32.0 Å². The number of ether oxygens (including phenoxy) is 2. The molecular formula is C19H23N3O4S2. The molecule has 0 saturated carbocycles. The highest BCUT2D eigenvalue weighted by molar-refractivity contribution is 8.28. The van der Waals surface area contributed by atoms with Crippen molar-refractivity contribution in [1.82, 2.24) is 4.90 Å². The normalized spacial score (nSPS) is 21.4. The summed E-state index contributed by atoms with van der Waals surface area (Å²) < 4.78 is 9.53. The molecule has 1 aromatic carbocycles. The fourth-order valence-corrected chi connectivity index (χ4v) is 5.70. The van der Waals surface area contributed by atoms with Gasteiger partial charge in [0.2, 0.25) is 9.37 Å². The van der Waals surface area contributed by atoms with Crippen LogP contribution in [0.3, 0.4) is 0 Å². The molecule has 0 N–H and O–H groups in total. The molecule has 1 spiro atoms. The van der Waals surface area contributed by atoms with Crippen LogP contribution in [0.15, 0.2) is 40.0 Å². The standard InChI is InChI=1S/C19H23N3O4S2/c1-6-25-17(23)15-13(4)21(5)19(27-15)22(14-10-8-12(3)9-11-14)20-16(28-19)18(24)26-7-2/h8-11H,6-7H2,1-5H3/t19-/m1/s1. The molecule has 0 unspecified atom stereocenters. The Balaban J connectivity index is 2.02. The number of anilines is 1. The molecule has 0 saturated heterocycles. The van der Waals surface area contributed by atoms with Crippen molar-refractivity contribution in [3.05, 3.63) is 40.4 Å². The Morgan fingerprint density at radius 2 is 1.64 bits per heavy atom. The van der Waals surface area contributed by atoms with Crippen LogP contribution in [-0.4, -0.2) is 46.5 Å². The molecule has 0 aliphatic carbocycles. The van der Waals surface area contributed by atoms with Gasteiger partial charge in [0.1, 0.15) is 4.91 Å². The second-order valence-electron chi connectivity index (χ2n) is 6.22. The maximum absolute atomic E-state index is 12.5. The van der Waals surface area contributed by atoms with E-state index in [0.29, 0.717) is 11.5 Å². The molecule has 0 radical (unpaired) electrons. The number of hydrazone groups is 1. The number of esters is 2. The fraction of sp³-hybridized carbons (Fsp3) is 0.421. The van der Waals surface area contributed by atoms with Crippen molar-refractivity contribution in [1.29, 1.82) is 0 Å². The monoisotopic (exact) mass is 421 g/mol. The fourth-order valence-electron chi connectivity index (χ4n) is 2.83. The molecule has 1 aromatic rings. The van der Waals surface area contributed by atoms with Crippen LogP contribution in [0.25, 0.3) is 0 Å². The van der Waals surface area contributed by atoms with Crippen molar-refractivity contribution >= 4 is 46.2 Å². The van der Waals surface area contributed by atoms with Gasteiger partial charge in [-0.05, 0) is 51.6 Å². The molecule has 2 aliphatic rings. The molecule has 2 aliphatic heterocycles. The number of benzene rings is 1. The molecule has 9 heteroatoms. The summed E-state index contributed by atoms with van der Waals surface area (Å²) in [5, 5.41) is 6.58. The van der Waals surface area contributed by atoms with Gasteiger partial charge in [0, 0.05) is 12.7 Å². The van der Waals surface area contributed by atoms with Crippen LogP contribution in [0.2, 0.25) is 0 Å². The first-order chi connectivity index (χ1) is 13.3. The Hall–Kier alpha value is -2.13. The quantitative estimate of drug-likeness (QED) is 0.669. The van der Waals surface area contributed by atoms with Gasteiger partial charge in [-0.1, -0.05) is 29.5 Å². The lowest BCUT2D eigenvalue weighted by molar-refractivity contribution is -0.137. The third kappa shape index (κ3) is 3.48. The average Bonchev–Trinajstić information content (AvgIpc) is 3.17. The molecule has 7 nitrogen and oxygen atoms in total. The molecule has 0 bridgehead atoms. The van der Waals surface area contributed by atoms with E-state index in [1.165, 1.54) is 23.5 Å². The lowest BCUT2D eigenvalue weighted by Gasteiger charge is -2.39.